The Morgan fingerprint density at radius 3 is 2.90 bits per heavy atom. The predicted octanol–water partition coefficient (Wildman–Crippen LogP) is 5.48. The van der Waals surface area contributed by atoms with Crippen molar-refractivity contribution < 1.29 is 19.0 Å². The van der Waals surface area contributed by atoms with E-state index >= 15 is 0 Å². The van der Waals surface area contributed by atoms with E-state index in [1.54, 1.807) is 19.1 Å². The van der Waals surface area contributed by atoms with Crippen molar-refractivity contribution in [2.75, 3.05) is 6.54 Å². The molecule has 0 aliphatic carbocycles. The number of nitrogens with zero attached hydrogens (tertiary/aromatic N) is 1. The maximum absolute atomic E-state index is 14.2. The van der Waals surface area contributed by atoms with Crippen LogP contribution in [-0.4, -0.2) is 28.4 Å². The number of rotatable bonds is 3. The van der Waals surface area contributed by atoms with E-state index in [1.807, 2.05) is 0 Å². The van der Waals surface area contributed by atoms with Gasteiger partial charge in [-0.3, -0.25) is 9.69 Å². The molecule has 2 aromatic rings. The van der Waals surface area contributed by atoms with Crippen LogP contribution in [0.15, 0.2) is 30.0 Å². The van der Waals surface area contributed by atoms with E-state index in [9.17, 15) is 14.3 Å². The van der Waals surface area contributed by atoms with Gasteiger partial charge in [-0.25, -0.2) is 4.39 Å². The number of carbonyl (C=O) groups excluding carboxylic acids is 1. The molecule has 152 valence electrons. The van der Waals surface area contributed by atoms with Gasteiger partial charge in [0.2, 0.25) is 5.78 Å². The van der Waals surface area contributed by atoms with Gasteiger partial charge >= 0.3 is 0 Å². The number of aryl methyl sites for hydroxylation is 1. The highest BCUT2D eigenvalue weighted by Crippen LogP contribution is 2.43. The molecule has 0 spiro atoms. The minimum Gasteiger partial charge on any atom is -0.507 e. The standard InChI is InChI=1S/C23H23ClFNO3/c1-13-10-19(27)16(12-26-9-4-3-6-14(26)2)23-21(13)22(28)20(29-23)11-15-17(24)7-5-8-18(15)25/h5,7-8,10-11,14,27H,3-4,6,9,12H2,1-2H3/b20-11-. The number of aromatic hydroxyl groups is 1. The van der Waals surface area contributed by atoms with Crippen LogP contribution in [-0.2, 0) is 6.54 Å². The van der Waals surface area contributed by atoms with Crippen molar-refractivity contribution in [3.63, 3.8) is 0 Å². The lowest BCUT2D eigenvalue weighted by Crippen LogP contribution is -2.36. The van der Waals surface area contributed by atoms with E-state index in [-0.39, 0.29) is 27.9 Å². The van der Waals surface area contributed by atoms with Crippen LogP contribution in [0.3, 0.4) is 0 Å². The Balaban J connectivity index is 1.74. The monoisotopic (exact) mass is 415 g/mol. The summed E-state index contributed by atoms with van der Waals surface area (Å²) in [4.78, 5) is 15.3. The van der Waals surface area contributed by atoms with Crippen LogP contribution in [0.5, 0.6) is 11.5 Å². The zero-order valence-corrected chi connectivity index (χ0v) is 17.2. The van der Waals surface area contributed by atoms with E-state index in [0.717, 1.165) is 19.4 Å². The molecule has 1 unspecified atom stereocenters. The summed E-state index contributed by atoms with van der Waals surface area (Å²) in [6, 6.07) is 6.34. The van der Waals surface area contributed by atoms with E-state index in [4.69, 9.17) is 16.3 Å². The second-order valence-electron chi connectivity index (χ2n) is 7.79. The number of ketones is 1. The zero-order valence-electron chi connectivity index (χ0n) is 16.5. The molecule has 1 N–H and O–H groups in total. The van der Waals surface area contributed by atoms with Crippen molar-refractivity contribution >= 4 is 23.5 Å². The van der Waals surface area contributed by atoms with Crippen LogP contribution in [0, 0.1) is 12.7 Å². The highest BCUT2D eigenvalue weighted by Gasteiger charge is 2.34. The number of benzene rings is 2. The number of piperidine rings is 1. The quantitative estimate of drug-likeness (QED) is 0.674. The summed E-state index contributed by atoms with van der Waals surface area (Å²) in [5.41, 5.74) is 1.75. The summed E-state index contributed by atoms with van der Waals surface area (Å²) in [5, 5.41) is 10.8. The highest BCUT2D eigenvalue weighted by atomic mass is 35.5. The van der Waals surface area contributed by atoms with Crippen LogP contribution in [0.25, 0.3) is 6.08 Å². The van der Waals surface area contributed by atoms with Crippen molar-refractivity contribution in [1.82, 2.24) is 4.90 Å². The lowest BCUT2D eigenvalue weighted by atomic mass is 9.97. The first kappa shape index (κ1) is 19.9. The van der Waals surface area contributed by atoms with Gasteiger partial charge in [0.05, 0.1) is 16.1 Å². The number of fused-ring (bicyclic) bond motifs is 1. The van der Waals surface area contributed by atoms with Gasteiger partial charge in [-0.05, 0) is 63.1 Å². The summed E-state index contributed by atoms with van der Waals surface area (Å²) in [6.45, 7) is 5.36. The number of Topliss-reactive ketones (excluding diaryl/α,β-unsaturated/α-hetero) is 1. The van der Waals surface area contributed by atoms with Crippen molar-refractivity contribution in [3.8, 4) is 11.5 Å². The van der Waals surface area contributed by atoms with Gasteiger partial charge in [0.15, 0.2) is 5.76 Å². The molecule has 1 atom stereocenters. The van der Waals surface area contributed by atoms with Crippen molar-refractivity contribution in [2.45, 2.75) is 45.7 Å². The van der Waals surface area contributed by atoms with Crippen LogP contribution >= 0.6 is 11.6 Å². The minimum atomic E-state index is -0.528. The number of likely N-dealkylation sites (tertiary alicyclic amines) is 1. The second kappa shape index (κ2) is 7.81. The molecule has 4 nitrogen and oxygen atoms in total. The number of hydrogen-bond acceptors (Lipinski definition) is 4. The number of allylic oxidation sites excluding steroid dienone is 1. The molecule has 0 radical (unpaired) electrons. The first-order valence-corrected chi connectivity index (χ1v) is 10.2. The third-order valence-electron chi connectivity index (χ3n) is 5.80. The maximum Gasteiger partial charge on any atom is 0.232 e. The third kappa shape index (κ3) is 3.65. The molecule has 0 bridgehead atoms. The Labute approximate surface area is 174 Å². The Kier molecular flexibility index (Phi) is 5.36. The molecule has 29 heavy (non-hydrogen) atoms. The predicted molar refractivity (Wildman–Crippen MR) is 111 cm³/mol. The van der Waals surface area contributed by atoms with E-state index in [0.29, 0.717) is 35.0 Å². The number of hydrogen-bond donors (Lipinski definition) is 1. The largest absolute Gasteiger partial charge is 0.507 e. The van der Waals surface area contributed by atoms with E-state index in [1.165, 1.54) is 24.6 Å². The number of phenols is 1. The fourth-order valence-corrected chi connectivity index (χ4v) is 4.33. The highest BCUT2D eigenvalue weighted by molar-refractivity contribution is 6.32. The Morgan fingerprint density at radius 2 is 2.17 bits per heavy atom. The van der Waals surface area contributed by atoms with Crippen LogP contribution < -0.4 is 4.74 Å². The van der Waals surface area contributed by atoms with Crippen molar-refractivity contribution in [1.29, 1.82) is 0 Å². The fourth-order valence-electron chi connectivity index (χ4n) is 4.11. The average Bonchev–Trinajstić information content (AvgIpc) is 3.00. The Bertz CT molecular complexity index is 997. The van der Waals surface area contributed by atoms with Crippen molar-refractivity contribution in [3.05, 3.63) is 63.1 Å². The summed E-state index contributed by atoms with van der Waals surface area (Å²) in [5.74, 6) is -0.376. The SMILES string of the molecule is Cc1cc(O)c(CN2CCCCC2C)c2c1C(=O)/C(=C/c1c(F)cccc1Cl)O2. The molecule has 1 saturated heterocycles. The first-order valence-electron chi connectivity index (χ1n) is 9.84. The number of ether oxygens (including phenoxy) is 1. The molecule has 2 heterocycles. The molecule has 6 heteroatoms. The molecule has 0 amide bonds. The molecule has 4 rings (SSSR count). The first-order chi connectivity index (χ1) is 13.9. The minimum absolute atomic E-state index is 0.00800. The van der Waals surface area contributed by atoms with Crippen LogP contribution in [0.4, 0.5) is 4.39 Å². The molecular formula is C23H23ClFNO3. The number of carbonyl (C=O) groups is 1. The van der Waals surface area contributed by atoms with Crippen LogP contribution in [0.1, 0.15) is 53.2 Å². The van der Waals surface area contributed by atoms with Gasteiger partial charge in [0.1, 0.15) is 17.3 Å². The maximum atomic E-state index is 14.2. The number of phenolic OH excluding ortho intramolecular Hbond substituents is 1. The van der Waals surface area contributed by atoms with Crippen LogP contribution in [0.2, 0.25) is 5.02 Å². The second-order valence-corrected chi connectivity index (χ2v) is 8.19. The summed E-state index contributed by atoms with van der Waals surface area (Å²) in [7, 11) is 0. The van der Waals surface area contributed by atoms with Gasteiger partial charge in [-0.15, -0.1) is 0 Å². The zero-order chi connectivity index (χ0) is 20.7. The van der Waals surface area contributed by atoms with Gasteiger partial charge in [-0.2, -0.15) is 0 Å². The number of halogens is 2. The molecule has 2 aliphatic rings. The molecular weight excluding hydrogens is 393 g/mol. The summed E-state index contributed by atoms with van der Waals surface area (Å²) >= 11 is 6.10. The molecule has 0 saturated carbocycles. The molecule has 0 aromatic heterocycles. The van der Waals surface area contributed by atoms with Gasteiger partial charge < -0.3 is 9.84 Å². The molecule has 1 fully saturated rings. The van der Waals surface area contributed by atoms with Gasteiger partial charge in [0.25, 0.3) is 0 Å². The van der Waals surface area contributed by atoms with E-state index < -0.39 is 5.82 Å². The smallest absolute Gasteiger partial charge is 0.232 e. The van der Waals surface area contributed by atoms with Gasteiger partial charge in [-0.1, -0.05) is 24.1 Å². The lowest BCUT2D eigenvalue weighted by molar-refractivity contribution is 0.101. The van der Waals surface area contributed by atoms with E-state index in [2.05, 4.69) is 11.8 Å². The summed E-state index contributed by atoms with van der Waals surface area (Å²) < 4.78 is 20.1. The van der Waals surface area contributed by atoms with Crippen molar-refractivity contribution in [2.24, 2.45) is 0 Å². The summed E-state index contributed by atoms with van der Waals surface area (Å²) in [6.07, 6.45) is 4.74. The van der Waals surface area contributed by atoms with Gasteiger partial charge in [0, 0.05) is 18.2 Å². The normalized spacial score (nSPS) is 20.8. The Hall–Kier alpha value is -2.37. The average molecular weight is 416 g/mol. The molecule has 2 aliphatic heterocycles. The Morgan fingerprint density at radius 1 is 1.38 bits per heavy atom. The third-order valence-corrected chi connectivity index (χ3v) is 6.13. The fraction of sp³-hybridized carbons (Fsp3) is 0.348. The topological polar surface area (TPSA) is 49.8 Å². The molecule has 2 aromatic carbocycles. The lowest BCUT2D eigenvalue weighted by Gasteiger charge is -2.33.